The molecule has 1 aromatic carbocycles. The van der Waals surface area contributed by atoms with Crippen LogP contribution in [0.25, 0.3) is 0 Å². The third-order valence-corrected chi connectivity index (χ3v) is 3.87. The average Bonchev–Trinajstić information content (AvgIpc) is 2.42. The summed E-state index contributed by atoms with van der Waals surface area (Å²) in [7, 11) is 0. The quantitative estimate of drug-likeness (QED) is 0.748. The highest BCUT2D eigenvalue weighted by Crippen LogP contribution is 2.23. The first-order valence-electron chi connectivity index (χ1n) is 6.27. The minimum absolute atomic E-state index is 0.118. The third-order valence-electron chi connectivity index (χ3n) is 2.75. The van der Waals surface area contributed by atoms with Gasteiger partial charge in [0, 0.05) is 14.5 Å². The van der Waals surface area contributed by atoms with Crippen molar-refractivity contribution in [1.82, 2.24) is 9.97 Å². The van der Waals surface area contributed by atoms with E-state index in [-0.39, 0.29) is 23.2 Å². The summed E-state index contributed by atoms with van der Waals surface area (Å²) in [5, 5.41) is 3.40. The summed E-state index contributed by atoms with van der Waals surface area (Å²) in [5.74, 6) is 0.338. The molecule has 0 atom stereocenters. The molecule has 0 aliphatic carbocycles. The van der Waals surface area contributed by atoms with E-state index < -0.39 is 0 Å². The largest absolute Gasteiger partial charge is 0.396 e. The highest BCUT2D eigenvalue weighted by atomic mass is 127. The van der Waals surface area contributed by atoms with Gasteiger partial charge in [-0.3, -0.25) is 4.79 Å². The first-order chi connectivity index (χ1) is 9.88. The zero-order valence-electron chi connectivity index (χ0n) is 11.5. The lowest BCUT2D eigenvalue weighted by Crippen LogP contribution is -2.18. The van der Waals surface area contributed by atoms with Crippen LogP contribution in [0.2, 0.25) is 5.02 Å². The molecule has 0 spiro atoms. The van der Waals surface area contributed by atoms with Crippen LogP contribution in [0, 0.1) is 3.57 Å². The normalized spacial score (nSPS) is 10.7. The van der Waals surface area contributed by atoms with Crippen molar-refractivity contribution in [1.29, 1.82) is 0 Å². The maximum absolute atomic E-state index is 12.3. The van der Waals surface area contributed by atoms with Crippen molar-refractivity contribution in [3.05, 3.63) is 44.5 Å². The van der Waals surface area contributed by atoms with Crippen LogP contribution in [0.3, 0.4) is 0 Å². The third kappa shape index (κ3) is 3.82. The molecule has 0 fully saturated rings. The maximum Gasteiger partial charge on any atom is 0.276 e. The molecule has 0 bridgehead atoms. The van der Waals surface area contributed by atoms with E-state index in [2.05, 4.69) is 37.9 Å². The van der Waals surface area contributed by atoms with Crippen LogP contribution in [0.4, 0.5) is 11.4 Å². The summed E-state index contributed by atoms with van der Waals surface area (Å²) in [6.07, 6.45) is 1.46. The SMILES string of the molecule is CC(C)c1ncc(N)c(C(=O)Nc2ccc(Cl)cc2I)n1. The number of carbonyl (C=O) groups is 1. The topological polar surface area (TPSA) is 80.9 Å². The zero-order chi connectivity index (χ0) is 15.6. The van der Waals surface area contributed by atoms with Gasteiger partial charge in [0.15, 0.2) is 5.69 Å². The number of benzene rings is 1. The second-order valence-electron chi connectivity index (χ2n) is 4.77. The van der Waals surface area contributed by atoms with Crippen LogP contribution < -0.4 is 11.1 Å². The highest BCUT2D eigenvalue weighted by molar-refractivity contribution is 14.1. The van der Waals surface area contributed by atoms with Crippen molar-refractivity contribution in [3.8, 4) is 0 Å². The van der Waals surface area contributed by atoms with Gasteiger partial charge in [0.05, 0.1) is 17.6 Å². The molecule has 1 aromatic heterocycles. The molecule has 0 radical (unpaired) electrons. The number of nitrogens with one attached hydrogen (secondary N) is 1. The first kappa shape index (κ1) is 16.0. The van der Waals surface area contributed by atoms with Crippen molar-refractivity contribution in [2.24, 2.45) is 0 Å². The number of anilines is 2. The smallest absolute Gasteiger partial charge is 0.276 e. The molecule has 0 saturated carbocycles. The van der Waals surface area contributed by atoms with Gasteiger partial charge in [0.1, 0.15) is 5.82 Å². The van der Waals surface area contributed by atoms with Crippen LogP contribution >= 0.6 is 34.2 Å². The Kier molecular flexibility index (Phi) is 5.00. The van der Waals surface area contributed by atoms with Crippen molar-refractivity contribution in [2.75, 3.05) is 11.1 Å². The fraction of sp³-hybridized carbons (Fsp3) is 0.214. The van der Waals surface area contributed by atoms with E-state index in [0.717, 1.165) is 3.57 Å². The molecule has 7 heteroatoms. The predicted octanol–water partition coefficient (Wildman–Crippen LogP) is 3.69. The van der Waals surface area contributed by atoms with Gasteiger partial charge >= 0.3 is 0 Å². The number of hydrogen-bond acceptors (Lipinski definition) is 4. The number of halogens is 2. The number of carbonyl (C=O) groups excluding carboxylic acids is 1. The molecule has 3 N–H and O–H groups in total. The minimum atomic E-state index is -0.364. The molecule has 1 heterocycles. The fourth-order valence-corrected chi connectivity index (χ4v) is 2.64. The Hall–Kier alpha value is -1.41. The lowest BCUT2D eigenvalue weighted by molar-refractivity contribution is 0.102. The van der Waals surface area contributed by atoms with Crippen molar-refractivity contribution < 1.29 is 4.79 Å². The molecule has 5 nitrogen and oxygen atoms in total. The van der Waals surface area contributed by atoms with E-state index in [4.69, 9.17) is 17.3 Å². The number of hydrogen-bond donors (Lipinski definition) is 2. The van der Waals surface area contributed by atoms with Crippen molar-refractivity contribution >= 4 is 51.5 Å². The second-order valence-corrected chi connectivity index (χ2v) is 6.36. The Morgan fingerprint density at radius 3 is 2.76 bits per heavy atom. The molecule has 21 heavy (non-hydrogen) atoms. The van der Waals surface area contributed by atoms with Gasteiger partial charge in [-0.05, 0) is 40.8 Å². The van der Waals surface area contributed by atoms with E-state index in [1.807, 2.05) is 13.8 Å². The van der Waals surface area contributed by atoms with Crippen LogP contribution in [0.1, 0.15) is 36.1 Å². The average molecular weight is 417 g/mol. The molecular formula is C14H14ClIN4O. The van der Waals surface area contributed by atoms with Crippen LogP contribution in [-0.2, 0) is 0 Å². The van der Waals surface area contributed by atoms with Gasteiger partial charge in [-0.1, -0.05) is 25.4 Å². The zero-order valence-corrected chi connectivity index (χ0v) is 14.4. The molecule has 0 aliphatic heterocycles. The Morgan fingerprint density at radius 2 is 2.14 bits per heavy atom. The first-order valence-corrected chi connectivity index (χ1v) is 7.73. The number of nitrogens with two attached hydrogens (primary N) is 1. The Morgan fingerprint density at radius 1 is 1.43 bits per heavy atom. The van der Waals surface area contributed by atoms with Gasteiger partial charge < -0.3 is 11.1 Å². The lowest BCUT2D eigenvalue weighted by atomic mass is 10.2. The number of rotatable bonds is 3. The fourth-order valence-electron chi connectivity index (χ4n) is 1.64. The van der Waals surface area contributed by atoms with E-state index in [1.54, 1.807) is 18.2 Å². The Balaban J connectivity index is 2.30. The molecule has 110 valence electrons. The maximum atomic E-state index is 12.3. The second kappa shape index (κ2) is 6.57. The van der Waals surface area contributed by atoms with E-state index >= 15 is 0 Å². The molecule has 2 rings (SSSR count). The summed E-state index contributed by atoms with van der Waals surface area (Å²) in [5.41, 5.74) is 6.89. The monoisotopic (exact) mass is 416 g/mol. The number of aromatic nitrogens is 2. The Bertz CT molecular complexity index is 691. The number of amides is 1. The standard InChI is InChI=1S/C14H14ClIN4O/c1-7(2)13-18-6-10(17)12(20-13)14(21)19-11-4-3-8(15)5-9(11)16/h3-7H,17H2,1-2H3,(H,19,21). The minimum Gasteiger partial charge on any atom is -0.396 e. The summed E-state index contributed by atoms with van der Waals surface area (Å²) >= 11 is 7.99. The number of nitrogens with zero attached hydrogens (tertiary/aromatic N) is 2. The Labute approximate surface area is 141 Å². The summed E-state index contributed by atoms with van der Waals surface area (Å²) in [6.45, 7) is 3.91. The summed E-state index contributed by atoms with van der Waals surface area (Å²) in [6, 6.07) is 5.21. The van der Waals surface area contributed by atoms with Crippen LogP contribution in [0.15, 0.2) is 24.4 Å². The van der Waals surface area contributed by atoms with Crippen molar-refractivity contribution in [3.63, 3.8) is 0 Å². The summed E-state index contributed by atoms with van der Waals surface area (Å²) in [4.78, 5) is 20.7. The van der Waals surface area contributed by atoms with E-state index in [9.17, 15) is 4.79 Å². The molecule has 2 aromatic rings. The van der Waals surface area contributed by atoms with E-state index in [1.165, 1.54) is 6.20 Å². The van der Waals surface area contributed by atoms with E-state index in [0.29, 0.717) is 16.5 Å². The molecular weight excluding hydrogens is 403 g/mol. The number of nitrogen functional groups attached to an aromatic ring is 1. The van der Waals surface area contributed by atoms with Gasteiger partial charge in [-0.15, -0.1) is 0 Å². The molecule has 0 unspecified atom stereocenters. The predicted molar refractivity (Wildman–Crippen MR) is 92.7 cm³/mol. The van der Waals surface area contributed by atoms with Gasteiger partial charge in [0.2, 0.25) is 0 Å². The van der Waals surface area contributed by atoms with Crippen molar-refractivity contribution in [2.45, 2.75) is 19.8 Å². The van der Waals surface area contributed by atoms with Gasteiger partial charge in [-0.2, -0.15) is 0 Å². The van der Waals surface area contributed by atoms with Gasteiger partial charge in [-0.25, -0.2) is 9.97 Å². The molecule has 0 aliphatic rings. The van der Waals surface area contributed by atoms with Crippen LogP contribution in [0.5, 0.6) is 0 Å². The summed E-state index contributed by atoms with van der Waals surface area (Å²) < 4.78 is 0.838. The highest BCUT2D eigenvalue weighted by Gasteiger charge is 2.16. The molecule has 0 saturated heterocycles. The van der Waals surface area contributed by atoms with Crippen LogP contribution in [-0.4, -0.2) is 15.9 Å². The molecule has 1 amide bonds. The lowest BCUT2D eigenvalue weighted by Gasteiger charge is -2.10. The van der Waals surface area contributed by atoms with Gasteiger partial charge in [0.25, 0.3) is 5.91 Å².